The fourth-order valence-electron chi connectivity index (χ4n) is 4.96. The second-order valence-electron chi connectivity index (χ2n) is 12.8. The number of ether oxygens (including phenoxy) is 3. The van der Waals surface area contributed by atoms with Crippen molar-refractivity contribution < 1.29 is 29.2 Å². The maximum atomic E-state index is 13.2. The van der Waals surface area contributed by atoms with Gasteiger partial charge in [-0.2, -0.15) is 0 Å². The van der Waals surface area contributed by atoms with Crippen molar-refractivity contribution in [2.45, 2.75) is 104 Å². The molecular formula is C38H56N2O6. The molecule has 7 atom stereocenters. The molecule has 0 aromatic rings. The molecule has 46 heavy (non-hydrogen) atoms. The second kappa shape index (κ2) is 19.5. The first-order valence-electron chi connectivity index (χ1n) is 16.1. The van der Waals surface area contributed by atoms with Gasteiger partial charge >= 0.3 is 0 Å². The van der Waals surface area contributed by atoms with Crippen LogP contribution in [0.5, 0.6) is 0 Å². The van der Waals surface area contributed by atoms with E-state index in [2.05, 4.69) is 25.2 Å². The Morgan fingerprint density at radius 3 is 2.43 bits per heavy atom. The van der Waals surface area contributed by atoms with E-state index in [4.69, 9.17) is 19.9 Å². The molecule has 0 aromatic carbocycles. The summed E-state index contributed by atoms with van der Waals surface area (Å²) in [5, 5.41) is 24.9. The van der Waals surface area contributed by atoms with Gasteiger partial charge in [0.05, 0.1) is 12.6 Å². The van der Waals surface area contributed by atoms with E-state index in [1.54, 1.807) is 25.2 Å². The lowest BCUT2D eigenvalue weighted by molar-refractivity contribution is -0.254. The second-order valence-corrected chi connectivity index (χ2v) is 12.8. The van der Waals surface area contributed by atoms with Gasteiger partial charge in [0.2, 0.25) is 5.91 Å². The number of carbonyl (C=O) groups is 1. The fraction of sp³-hybridized carbons (Fsp3) is 0.500. The molecule has 1 amide bonds. The molecule has 1 saturated heterocycles. The summed E-state index contributed by atoms with van der Waals surface area (Å²) in [4.78, 5) is 13.2. The minimum Gasteiger partial charge on any atom is -0.388 e. The number of aliphatic hydroxyl groups is 2. The monoisotopic (exact) mass is 636 g/mol. The minimum absolute atomic E-state index is 0.000198. The van der Waals surface area contributed by atoms with Crippen LogP contribution in [0.1, 0.15) is 61.3 Å². The summed E-state index contributed by atoms with van der Waals surface area (Å²) in [5.74, 6) is 0.275. The summed E-state index contributed by atoms with van der Waals surface area (Å²) < 4.78 is 17.3. The van der Waals surface area contributed by atoms with E-state index < -0.39 is 36.2 Å². The Kier molecular flexibility index (Phi) is 16.6. The Bertz CT molecular complexity index is 1260. The molecule has 2 aliphatic heterocycles. The Labute approximate surface area is 276 Å². The molecule has 2 rings (SSSR count). The van der Waals surface area contributed by atoms with E-state index in [0.29, 0.717) is 12.3 Å². The molecule has 8 heteroatoms. The average molecular weight is 637 g/mol. The highest BCUT2D eigenvalue weighted by Crippen LogP contribution is 2.25. The summed E-state index contributed by atoms with van der Waals surface area (Å²) >= 11 is 0. The smallest absolute Gasteiger partial charge is 0.247 e. The van der Waals surface area contributed by atoms with E-state index in [-0.39, 0.29) is 18.6 Å². The highest BCUT2D eigenvalue weighted by Gasteiger charge is 2.41. The van der Waals surface area contributed by atoms with Crippen LogP contribution in [-0.2, 0) is 19.0 Å². The molecular weight excluding hydrogens is 580 g/mol. The number of amides is 1. The van der Waals surface area contributed by atoms with Crippen LogP contribution in [0.3, 0.4) is 0 Å². The van der Waals surface area contributed by atoms with Crippen molar-refractivity contribution in [1.29, 1.82) is 0 Å². The lowest BCUT2D eigenvalue weighted by Gasteiger charge is -2.40. The zero-order valence-corrected chi connectivity index (χ0v) is 28.9. The number of carbonyl (C=O) groups excluding carboxylic acids is 1. The van der Waals surface area contributed by atoms with Gasteiger partial charge < -0.3 is 35.5 Å². The van der Waals surface area contributed by atoms with Crippen LogP contribution < -0.4 is 11.1 Å². The van der Waals surface area contributed by atoms with Crippen molar-refractivity contribution in [1.82, 2.24) is 5.32 Å². The van der Waals surface area contributed by atoms with Gasteiger partial charge in [0.25, 0.3) is 0 Å². The van der Waals surface area contributed by atoms with Gasteiger partial charge in [0.15, 0.2) is 6.29 Å². The summed E-state index contributed by atoms with van der Waals surface area (Å²) in [6, 6.07) is -0.769. The molecule has 254 valence electrons. The summed E-state index contributed by atoms with van der Waals surface area (Å²) in [5.41, 5.74) is 8.68. The number of allylic oxidation sites excluding steroid dienone is 14. The zero-order valence-electron chi connectivity index (χ0n) is 28.9. The first-order valence-corrected chi connectivity index (χ1v) is 16.1. The lowest BCUT2D eigenvalue weighted by Crippen LogP contribution is -2.60. The number of aliphatic hydroxyl groups excluding tert-OH is 1. The highest BCUT2D eigenvalue weighted by atomic mass is 16.7. The van der Waals surface area contributed by atoms with Crippen molar-refractivity contribution in [3.63, 3.8) is 0 Å². The number of rotatable bonds is 5. The Balaban J connectivity index is 2.45. The molecule has 2 heterocycles. The van der Waals surface area contributed by atoms with Crippen LogP contribution >= 0.6 is 0 Å². The summed E-state index contributed by atoms with van der Waals surface area (Å²) in [6.45, 7) is 13.9. The molecule has 0 bridgehead atoms. The topological polar surface area (TPSA) is 123 Å². The molecule has 0 radical (unpaired) electrons. The van der Waals surface area contributed by atoms with Gasteiger partial charge in [0, 0.05) is 18.7 Å². The normalized spacial score (nSPS) is 39.1. The Morgan fingerprint density at radius 1 is 1.04 bits per heavy atom. The molecule has 0 saturated carbocycles. The highest BCUT2D eigenvalue weighted by molar-refractivity contribution is 5.94. The van der Waals surface area contributed by atoms with Crippen LogP contribution in [-0.4, -0.2) is 72.1 Å². The predicted molar refractivity (Wildman–Crippen MR) is 187 cm³/mol. The van der Waals surface area contributed by atoms with E-state index >= 15 is 0 Å². The third-order valence-corrected chi connectivity index (χ3v) is 7.61. The number of hydrogen-bond donors (Lipinski definition) is 4. The van der Waals surface area contributed by atoms with E-state index in [1.165, 1.54) is 7.11 Å². The van der Waals surface area contributed by atoms with E-state index in [1.807, 2.05) is 88.5 Å². The van der Waals surface area contributed by atoms with Crippen molar-refractivity contribution >= 4 is 5.91 Å². The predicted octanol–water partition coefficient (Wildman–Crippen LogP) is 5.68. The molecule has 1 fully saturated rings. The van der Waals surface area contributed by atoms with Crippen molar-refractivity contribution in [3.05, 3.63) is 107 Å². The Hall–Kier alpha value is -3.11. The lowest BCUT2D eigenvalue weighted by atomic mass is 9.96. The van der Waals surface area contributed by atoms with Crippen LogP contribution in [0, 0.1) is 5.92 Å². The Morgan fingerprint density at radius 2 is 1.74 bits per heavy atom. The van der Waals surface area contributed by atoms with Crippen molar-refractivity contribution in [3.8, 4) is 0 Å². The number of methoxy groups -OCH3 is 1. The van der Waals surface area contributed by atoms with Gasteiger partial charge in [-0.3, -0.25) is 4.79 Å². The van der Waals surface area contributed by atoms with Crippen LogP contribution in [0.25, 0.3) is 0 Å². The number of hydrogen-bond acceptors (Lipinski definition) is 7. The van der Waals surface area contributed by atoms with Crippen molar-refractivity contribution in [2.75, 3.05) is 13.7 Å². The van der Waals surface area contributed by atoms with E-state index in [0.717, 1.165) is 28.7 Å². The SMILES string of the molecule is CO[C@@H]1[C@@H](N)[C@H](OC2\C=C/C=C/C(C)=C/C=C/C(C)=C/CC(C)NC(=O)/C(CC(C)C)=C/C(C)=C/C=C/C=C/C2(C)O)OC[C@H]1O. The minimum atomic E-state index is -1.44. The first-order chi connectivity index (χ1) is 21.7. The van der Waals surface area contributed by atoms with Crippen LogP contribution in [0.4, 0.5) is 0 Å². The molecule has 8 nitrogen and oxygen atoms in total. The third-order valence-electron chi connectivity index (χ3n) is 7.61. The number of nitrogens with one attached hydrogen (secondary N) is 1. The van der Waals surface area contributed by atoms with Gasteiger partial charge in [-0.25, -0.2) is 0 Å². The molecule has 3 unspecified atom stereocenters. The largest absolute Gasteiger partial charge is 0.388 e. The molecule has 0 aliphatic carbocycles. The average Bonchev–Trinajstić information content (AvgIpc) is 2.97. The molecule has 2 aliphatic rings. The van der Waals surface area contributed by atoms with E-state index in [9.17, 15) is 15.0 Å². The van der Waals surface area contributed by atoms with Gasteiger partial charge in [-0.05, 0) is 53.4 Å². The summed E-state index contributed by atoms with van der Waals surface area (Å²) in [6.07, 6.45) is 24.6. The molecule has 5 N–H and O–H groups in total. The standard InChI is InChI=1S/C38H56N2O6/c1-26(2)23-31-24-29(5)16-10-9-13-22-38(7,43)33(46-37-34(39)35(44-8)32(41)25-45-37)19-12-11-15-27(3)17-14-18-28(4)20-21-30(6)40-36(31)42/h9-20,22,24,26,30,32-35,37,41,43H,21,23,25,39H2,1-8H3,(H,40,42)/b10-9+,15-11+,18-14+,19-12-,22-13+,27-17+,28-20+,29-16+,31-24+/t30?,32-,33?,34-,35+,37+,38?/m1/s1. The van der Waals surface area contributed by atoms with Crippen LogP contribution in [0.2, 0.25) is 0 Å². The number of nitrogens with two attached hydrogens (primary N) is 1. The third kappa shape index (κ3) is 13.7. The molecule has 0 aromatic heterocycles. The fourth-order valence-corrected chi connectivity index (χ4v) is 4.96. The molecule has 0 spiro atoms. The van der Waals surface area contributed by atoms with Crippen LogP contribution in [0.15, 0.2) is 107 Å². The first kappa shape index (κ1) is 39.1. The quantitative estimate of drug-likeness (QED) is 0.306. The van der Waals surface area contributed by atoms with Crippen molar-refractivity contribution in [2.24, 2.45) is 11.7 Å². The maximum absolute atomic E-state index is 13.2. The summed E-state index contributed by atoms with van der Waals surface area (Å²) in [7, 11) is 1.48. The van der Waals surface area contributed by atoms with Gasteiger partial charge in [-0.1, -0.05) is 116 Å². The maximum Gasteiger partial charge on any atom is 0.247 e. The van der Waals surface area contributed by atoms with Gasteiger partial charge in [-0.15, -0.1) is 0 Å². The zero-order chi connectivity index (χ0) is 34.3. The van der Waals surface area contributed by atoms with Gasteiger partial charge in [0.1, 0.15) is 23.9 Å².